The first-order valence-corrected chi connectivity index (χ1v) is 9.42. The molecule has 0 amide bonds. The molecule has 0 aliphatic carbocycles. The first kappa shape index (κ1) is 16.3. The van der Waals surface area contributed by atoms with Gasteiger partial charge in [-0.1, -0.05) is 30.3 Å². The molecule has 2 aromatic heterocycles. The number of unbranched alkanes of at least 4 members (excludes halogenated alkanes) is 1. The van der Waals surface area contributed by atoms with Crippen molar-refractivity contribution in [3.63, 3.8) is 0 Å². The Morgan fingerprint density at radius 2 is 1.80 bits per heavy atom. The van der Waals surface area contributed by atoms with Gasteiger partial charge in [0.25, 0.3) is 0 Å². The first-order chi connectivity index (χ1) is 12.3. The van der Waals surface area contributed by atoms with Gasteiger partial charge in [0, 0.05) is 27.0 Å². The molecule has 126 valence electrons. The third-order valence-electron chi connectivity index (χ3n) is 4.69. The van der Waals surface area contributed by atoms with Gasteiger partial charge in [-0.3, -0.25) is 4.98 Å². The predicted molar refractivity (Wildman–Crippen MR) is 109 cm³/mol. The van der Waals surface area contributed by atoms with E-state index in [1.807, 2.05) is 12.3 Å². The normalized spacial score (nSPS) is 11.4. The highest BCUT2D eigenvalue weighted by Crippen LogP contribution is 2.37. The molecule has 3 N–H and O–H groups in total. The van der Waals surface area contributed by atoms with Crippen molar-refractivity contribution in [3.05, 3.63) is 64.8 Å². The van der Waals surface area contributed by atoms with Crippen molar-refractivity contribution >= 4 is 37.7 Å². The average Bonchev–Trinajstić information content (AvgIpc) is 3.01. The second kappa shape index (κ2) is 6.98. The Hall–Kier alpha value is -2.17. The summed E-state index contributed by atoms with van der Waals surface area (Å²) in [6.07, 6.45) is 4.99. The number of hydrogen-bond donors (Lipinski definition) is 2. The van der Waals surface area contributed by atoms with Crippen LogP contribution in [0.4, 0.5) is 0 Å². The maximum atomic E-state index is 5.70. The Morgan fingerprint density at radius 1 is 0.960 bits per heavy atom. The number of para-hydroxylation sites is 1. The minimum absolute atomic E-state index is 0.736. The van der Waals surface area contributed by atoms with Crippen LogP contribution in [0, 0.1) is 0 Å². The van der Waals surface area contributed by atoms with E-state index in [-0.39, 0.29) is 0 Å². The second-order valence-electron chi connectivity index (χ2n) is 6.26. The Bertz CT molecular complexity index is 1030. The molecular formula is C21H20BrN3. The number of benzene rings is 2. The molecule has 0 saturated heterocycles. The number of aromatic nitrogens is 2. The zero-order valence-corrected chi connectivity index (χ0v) is 15.5. The van der Waals surface area contributed by atoms with E-state index < -0.39 is 0 Å². The fourth-order valence-electron chi connectivity index (χ4n) is 3.49. The minimum Gasteiger partial charge on any atom is -0.353 e. The van der Waals surface area contributed by atoms with Gasteiger partial charge in [-0.2, -0.15) is 0 Å². The molecule has 4 aromatic rings. The number of nitrogens with one attached hydrogen (secondary N) is 1. The van der Waals surface area contributed by atoms with E-state index >= 15 is 0 Å². The lowest BCUT2D eigenvalue weighted by molar-refractivity contribution is 0.748. The summed E-state index contributed by atoms with van der Waals surface area (Å²) in [4.78, 5) is 8.17. The second-order valence-corrected chi connectivity index (χ2v) is 7.12. The number of H-pyrrole nitrogens is 1. The van der Waals surface area contributed by atoms with Crippen LogP contribution in [0.5, 0.6) is 0 Å². The average molecular weight is 394 g/mol. The number of nitrogens with zero attached hydrogens (tertiary/aromatic N) is 1. The van der Waals surface area contributed by atoms with Crippen molar-refractivity contribution in [2.45, 2.75) is 19.3 Å². The van der Waals surface area contributed by atoms with Gasteiger partial charge in [-0.25, -0.2) is 0 Å². The van der Waals surface area contributed by atoms with Gasteiger partial charge in [-0.15, -0.1) is 0 Å². The third-order valence-corrected chi connectivity index (χ3v) is 5.35. The number of halogens is 1. The monoisotopic (exact) mass is 393 g/mol. The molecule has 0 bridgehead atoms. The van der Waals surface area contributed by atoms with Crippen LogP contribution in [0.15, 0.2) is 59.2 Å². The van der Waals surface area contributed by atoms with Gasteiger partial charge in [0.05, 0.1) is 16.7 Å². The maximum absolute atomic E-state index is 5.70. The topological polar surface area (TPSA) is 54.7 Å². The number of rotatable bonds is 5. The van der Waals surface area contributed by atoms with Crippen LogP contribution in [0.25, 0.3) is 33.1 Å². The van der Waals surface area contributed by atoms with Crippen LogP contribution < -0.4 is 5.73 Å². The molecule has 0 unspecified atom stereocenters. The van der Waals surface area contributed by atoms with E-state index in [2.05, 4.69) is 68.4 Å². The summed E-state index contributed by atoms with van der Waals surface area (Å²) in [5, 5.41) is 2.45. The molecule has 4 heteroatoms. The summed E-state index contributed by atoms with van der Waals surface area (Å²) in [5.41, 5.74) is 11.6. The van der Waals surface area contributed by atoms with Crippen LogP contribution in [-0.4, -0.2) is 16.5 Å². The Labute approximate surface area is 155 Å². The van der Waals surface area contributed by atoms with Gasteiger partial charge in [-0.05, 0) is 65.5 Å². The van der Waals surface area contributed by atoms with Crippen LogP contribution in [-0.2, 0) is 6.42 Å². The smallest absolute Gasteiger partial charge is 0.0708 e. The number of aryl methyl sites for hydroxylation is 1. The molecule has 3 nitrogen and oxygen atoms in total. The minimum atomic E-state index is 0.736. The molecule has 4 rings (SSSR count). The van der Waals surface area contributed by atoms with E-state index in [0.717, 1.165) is 41.3 Å². The highest BCUT2D eigenvalue weighted by molar-refractivity contribution is 9.10. The largest absolute Gasteiger partial charge is 0.353 e. The van der Waals surface area contributed by atoms with Crippen molar-refractivity contribution < 1.29 is 0 Å². The molecule has 0 aliphatic rings. The van der Waals surface area contributed by atoms with Crippen LogP contribution in [0.3, 0.4) is 0 Å². The fraction of sp³-hybridized carbons (Fsp3) is 0.190. The lowest BCUT2D eigenvalue weighted by atomic mass is 9.98. The zero-order chi connectivity index (χ0) is 17.2. The molecule has 25 heavy (non-hydrogen) atoms. The standard InChI is InChI=1S/C21H20BrN3/c22-18-10-3-7-17-16(6-1-2-12-23)20(25-21(17)18)15-8-4-11-19-14(15)9-5-13-24-19/h3-5,7-11,13,25H,1-2,6,12,23H2. The Kier molecular flexibility index (Phi) is 4.55. The Morgan fingerprint density at radius 3 is 2.68 bits per heavy atom. The lowest BCUT2D eigenvalue weighted by Crippen LogP contribution is -1.99. The first-order valence-electron chi connectivity index (χ1n) is 8.63. The van der Waals surface area contributed by atoms with Crippen LogP contribution in [0.2, 0.25) is 0 Å². The quantitative estimate of drug-likeness (QED) is 0.444. The van der Waals surface area contributed by atoms with E-state index in [9.17, 15) is 0 Å². The lowest BCUT2D eigenvalue weighted by Gasteiger charge is -2.08. The number of hydrogen-bond acceptors (Lipinski definition) is 2. The van der Waals surface area contributed by atoms with E-state index in [4.69, 9.17) is 5.73 Å². The predicted octanol–water partition coefficient (Wildman–Crippen LogP) is 5.43. The van der Waals surface area contributed by atoms with Crippen molar-refractivity contribution in [2.24, 2.45) is 5.73 Å². The summed E-state index contributed by atoms with van der Waals surface area (Å²) in [6, 6.07) is 16.8. The van der Waals surface area contributed by atoms with Gasteiger partial charge >= 0.3 is 0 Å². The summed E-state index contributed by atoms with van der Waals surface area (Å²) in [7, 11) is 0. The third kappa shape index (κ3) is 2.96. The molecule has 2 heterocycles. The van der Waals surface area contributed by atoms with E-state index in [1.165, 1.54) is 27.6 Å². The number of aromatic amines is 1. The molecule has 0 fully saturated rings. The van der Waals surface area contributed by atoms with Crippen molar-refractivity contribution in [1.82, 2.24) is 9.97 Å². The molecule has 0 spiro atoms. The summed E-state index contributed by atoms with van der Waals surface area (Å²) in [6.45, 7) is 0.736. The molecule has 0 saturated carbocycles. The molecule has 0 radical (unpaired) electrons. The molecule has 0 atom stereocenters. The van der Waals surface area contributed by atoms with Gasteiger partial charge < -0.3 is 10.7 Å². The highest BCUT2D eigenvalue weighted by Gasteiger charge is 2.16. The van der Waals surface area contributed by atoms with E-state index in [1.54, 1.807) is 0 Å². The maximum Gasteiger partial charge on any atom is 0.0708 e. The number of pyridine rings is 1. The highest BCUT2D eigenvalue weighted by atomic mass is 79.9. The molecule has 0 aliphatic heterocycles. The SMILES string of the molecule is NCCCCc1c(-c2cccc3ncccc23)[nH]c2c(Br)cccc12. The summed E-state index contributed by atoms with van der Waals surface area (Å²) < 4.78 is 1.09. The number of fused-ring (bicyclic) bond motifs is 2. The fourth-order valence-corrected chi connectivity index (χ4v) is 3.96. The van der Waals surface area contributed by atoms with Gasteiger partial charge in [0.1, 0.15) is 0 Å². The van der Waals surface area contributed by atoms with Crippen LogP contribution in [0.1, 0.15) is 18.4 Å². The Balaban J connectivity index is 1.96. The molecular weight excluding hydrogens is 374 g/mol. The van der Waals surface area contributed by atoms with Crippen molar-refractivity contribution in [2.75, 3.05) is 6.54 Å². The van der Waals surface area contributed by atoms with Gasteiger partial charge in [0.15, 0.2) is 0 Å². The van der Waals surface area contributed by atoms with Crippen molar-refractivity contribution in [3.8, 4) is 11.3 Å². The zero-order valence-electron chi connectivity index (χ0n) is 13.9. The number of nitrogens with two attached hydrogens (primary N) is 1. The van der Waals surface area contributed by atoms with Crippen LogP contribution >= 0.6 is 15.9 Å². The molecule has 2 aromatic carbocycles. The van der Waals surface area contributed by atoms with Crippen molar-refractivity contribution in [1.29, 1.82) is 0 Å². The summed E-state index contributed by atoms with van der Waals surface area (Å²) in [5.74, 6) is 0. The van der Waals surface area contributed by atoms with Gasteiger partial charge in [0.2, 0.25) is 0 Å². The van der Waals surface area contributed by atoms with E-state index in [0.29, 0.717) is 0 Å². The summed E-state index contributed by atoms with van der Waals surface area (Å²) >= 11 is 3.68.